The molecule has 0 aromatic heterocycles. The number of amides is 1. The average Bonchev–Trinajstić information content (AvgIpc) is 2.44. The van der Waals surface area contributed by atoms with Gasteiger partial charge >= 0.3 is 0 Å². The minimum Gasteiger partial charge on any atom is -0.377 e. The van der Waals surface area contributed by atoms with Crippen LogP contribution in [0.2, 0.25) is 0 Å². The van der Waals surface area contributed by atoms with E-state index in [0.29, 0.717) is 6.54 Å². The van der Waals surface area contributed by atoms with Crippen LogP contribution in [-0.2, 0) is 16.0 Å². The van der Waals surface area contributed by atoms with Gasteiger partial charge in [0, 0.05) is 19.3 Å². The lowest BCUT2D eigenvalue weighted by atomic mass is 9.97. The molecule has 0 aliphatic carbocycles. The van der Waals surface area contributed by atoms with Gasteiger partial charge < -0.3 is 15.4 Å². The number of hydrogen-bond acceptors (Lipinski definition) is 3. The quantitative estimate of drug-likeness (QED) is 0.872. The molecule has 0 spiro atoms. The van der Waals surface area contributed by atoms with Gasteiger partial charge in [0.1, 0.15) is 6.04 Å². The summed E-state index contributed by atoms with van der Waals surface area (Å²) in [5.41, 5.74) is 2.02. The number of aryl methyl sites for hydroxylation is 1. The Morgan fingerprint density at radius 3 is 2.95 bits per heavy atom. The van der Waals surface area contributed by atoms with E-state index in [0.717, 1.165) is 18.5 Å². The van der Waals surface area contributed by atoms with Crippen molar-refractivity contribution in [3.63, 3.8) is 0 Å². The molecule has 2 rings (SSSR count). The zero-order valence-corrected chi connectivity index (χ0v) is 11.8. The number of para-hydroxylation sites is 1. The van der Waals surface area contributed by atoms with Gasteiger partial charge in [-0.2, -0.15) is 0 Å². The van der Waals surface area contributed by atoms with Crippen LogP contribution in [0.5, 0.6) is 0 Å². The number of benzene rings is 1. The molecular weight excluding hydrogens is 240 g/mol. The number of anilines is 1. The van der Waals surface area contributed by atoms with E-state index < -0.39 is 0 Å². The zero-order valence-electron chi connectivity index (χ0n) is 11.8. The van der Waals surface area contributed by atoms with Crippen LogP contribution in [0.25, 0.3) is 0 Å². The fourth-order valence-corrected chi connectivity index (χ4v) is 2.13. The lowest BCUT2D eigenvalue weighted by molar-refractivity contribution is -0.123. The maximum Gasteiger partial charge on any atom is 0.242 e. The zero-order chi connectivity index (χ0) is 13.9. The molecule has 1 aromatic rings. The van der Waals surface area contributed by atoms with Gasteiger partial charge in [-0.3, -0.25) is 4.79 Å². The molecule has 19 heavy (non-hydrogen) atoms. The second-order valence-corrected chi connectivity index (χ2v) is 5.57. The molecule has 1 heterocycles. The summed E-state index contributed by atoms with van der Waals surface area (Å²) < 4.78 is 5.30. The summed E-state index contributed by atoms with van der Waals surface area (Å²) in [6.45, 7) is 4.43. The van der Waals surface area contributed by atoms with Crippen molar-refractivity contribution >= 4 is 11.6 Å². The van der Waals surface area contributed by atoms with Crippen LogP contribution in [0.3, 0.4) is 0 Å². The lowest BCUT2D eigenvalue weighted by Crippen LogP contribution is -2.47. The Kier molecular flexibility index (Phi) is 4.10. The summed E-state index contributed by atoms with van der Waals surface area (Å²) in [7, 11) is 1.65. The Balaban J connectivity index is 1.92. The van der Waals surface area contributed by atoms with Crippen molar-refractivity contribution in [3.05, 3.63) is 29.8 Å². The fourth-order valence-electron chi connectivity index (χ4n) is 2.13. The highest BCUT2D eigenvalue weighted by molar-refractivity contribution is 5.85. The molecule has 1 aliphatic rings. The molecule has 1 aliphatic heterocycles. The summed E-state index contributed by atoms with van der Waals surface area (Å²) in [4.78, 5) is 12.1. The van der Waals surface area contributed by atoms with Crippen molar-refractivity contribution in [1.82, 2.24) is 5.32 Å². The Bertz CT molecular complexity index is 457. The Hall–Kier alpha value is -1.55. The van der Waals surface area contributed by atoms with Gasteiger partial charge in [0.15, 0.2) is 0 Å². The van der Waals surface area contributed by atoms with Crippen molar-refractivity contribution in [3.8, 4) is 0 Å². The van der Waals surface area contributed by atoms with Crippen LogP contribution in [-0.4, -0.2) is 31.2 Å². The highest BCUT2D eigenvalue weighted by Gasteiger charge is 2.25. The van der Waals surface area contributed by atoms with Gasteiger partial charge in [-0.1, -0.05) is 18.2 Å². The van der Waals surface area contributed by atoms with Gasteiger partial charge in [-0.25, -0.2) is 0 Å². The molecule has 0 radical (unpaired) electrons. The minimum absolute atomic E-state index is 0.0413. The second-order valence-electron chi connectivity index (χ2n) is 5.57. The number of hydrogen-bond donors (Lipinski definition) is 2. The van der Waals surface area contributed by atoms with E-state index in [1.165, 1.54) is 5.56 Å². The average molecular weight is 262 g/mol. The third kappa shape index (κ3) is 3.47. The largest absolute Gasteiger partial charge is 0.377 e. The van der Waals surface area contributed by atoms with Gasteiger partial charge in [0.25, 0.3) is 0 Å². The van der Waals surface area contributed by atoms with E-state index in [9.17, 15) is 4.79 Å². The topological polar surface area (TPSA) is 50.4 Å². The van der Waals surface area contributed by atoms with Gasteiger partial charge in [-0.05, 0) is 38.3 Å². The number of fused-ring (bicyclic) bond motifs is 1. The van der Waals surface area contributed by atoms with Crippen molar-refractivity contribution in [1.29, 1.82) is 0 Å². The number of ether oxygens (including phenoxy) is 1. The molecule has 0 saturated heterocycles. The maximum absolute atomic E-state index is 12.1. The molecule has 0 saturated carbocycles. The molecule has 0 fully saturated rings. The van der Waals surface area contributed by atoms with Crippen molar-refractivity contribution in [2.75, 3.05) is 19.0 Å². The standard InChI is InChI=1S/C15H22N2O2/c1-15(2,19-3)10-16-14(18)13-9-8-11-6-4-5-7-12(11)17-13/h4-7,13,17H,8-10H2,1-3H3,(H,16,18). The third-order valence-electron chi connectivity index (χ3n) is 3.61. The molecule has 1 atom stereocenters. The van der Waals surface area contributed by atoms with Gasteiger partial charge in [-0.15, -0.1) is 0 Å². The lowest BCUT2D eigenvalue weighted by Gasteiger charge is -2.28. The molecule has 0 bridgehead atoms. The molecule has 4 nitrogen and oxygen atoms in total. The first-order valence-electron chi connectivity index (χ1n) is 6.69. The van der Waals surface area contributed by atoms with Gasteiger partial charge in [0.2, 0.25) is 5.91 Å². The van der Waals surface area contributed by atoms with E-state index >= 15 is 0 Å². The van der Waals surface area contributed by atoms with E-state index in [1.807, 2.05) is 32.0 Å². The monoisotopic (exact) mass is 262 g/mol. The molecule has 1 aromatic carbocycles. The first-order chi connectivity index (χ1) is 9.02. The summed E-state index contributed by atoms with van der Waals surface area (Å²) in [5.74, 6) is 0.0413. The second kappa shape index (κ2) is 5.61. The number of nitrogens with one attached hydrogen (secondary N) is 2. The molecule has 1 amide bonds. The summed E-state index contributed by atoms with van der Waals surface area (Å²) >= 11 is 0. The first kappa shape index (κ1) is 13.9. The number of carbonyl (C=O) groups is 1. The third-order valence-corrected chi connectivity index (χ3v) is 3.61. The predicted octanol–water partition coefficient (Wildman–Crippen LogP) is 1.95. The Morgan fingerprint density at radius 2 is 2.21 bits per heavy atom. The Labute approximate surface area is 114 Å². The smallest absolute Gasteiger partial charge is 0.242 e. The summed E-state index contributed by atoms with van der Waals surface area (Å²) in [6, 6.07) is 7.99. The number of rotatable bonds is 4. The fraction of sp³-hybridized carbons (Fsp3) is 0.533. The van der Waals surface area contributed by atoms with E-state index in [4.69, 9.17) is 4.74 Å². The van der Waals surface area contributed by atoms with Crippen molar-refractivity contribution < 1.29 is 9.53 Å². The molecule has 1 unspecified atom stereocenters. The van der Waals surface area contributed by atoms with Crippen LogP contribution in [0, 0.1) is 0 Å². The van der Waals surface area contributed by atoms with Crippen LogP contribution in [0.1, 0.15) is 25.8 Å². The molecule has 4 heteroatoms. The van der Waals surface area contributed by atoms with Crippen molar-refractivity contribution in [2.24, 2.45) is 0 Å². The van der Waals surface area contributed by atoms with Crippen LogP contribution >= 0.6 is 0 Å². The van der Waals surface area contributed by atoms with E-state index in [1.54, 1.807) is 7.11 Å². The number of methoxy groups -OCH3 is 1. The predicted molar refractivity (Wildman–Crippen MR) is 76.3 cm³/mol. The Morgan fingerprint density at radius 1 is 1.47 bits per heavy atom. The first-order valence-corrected chi connectivity index (χ1v) is 6.69. The van der Waals surface area contributed by atoms with Crippen LogP contribution < -0.4 is 10.6 Å². The summed E-state index contributed by atoms with van der Waals surface area (Å²) in [5, 5.41) is 6.25. The summed E-state index contributed by atoms with van der Waals surface area (Å²) in [6.07, 6.45) is 1.77. The van der Waals surface area contributed by atoms with E-state index in [-0.39, 0.29) is 17.6 Å². The van der Waals surface area contributed by atoms with Crippen molar-refractivity contribution in [2.45, 2.75) is 38.3 Å². The number of carbonyl (C=O) groups excluding carboxylic acids is 1. The van der Waals surface area contributed by atoms with Crippen LogP contribution in [0.15, 0.2) is 24.3 Å². The molecule has 2 N–H and O–H groups in total. The molecular formula is C15H22N2O2. The normalized spacial score (nSPS) is 18.4. The highest BCUT2D eigenvalue weighted by Crippen LogP contribution is 2.24. The van der Waals surface area contributed by atoms with Crippen LogP contribution in [0.4, 0.5) is 5.69 Å². The minimum atomic E-state index is -0.331. The maximum atomic E-state index is 12.1. The van der Waals surface area contributed by atoms with Gasteiger partial charge in [0.05, 0.1) is 5.60 Å². The van der Waals surface area contributed by atoms with E-state index in [2.05, 4.69) is 16.7 Å². The highest BCUT2D eigenvalue weighted by atomic mass is 16.5. The SMILES string of the molecule is COC(C)(C)CNC(=O)C1CCc2ccccc2N1. The molecule has 104 valence electrons.